The summed E-state index contributed by atoms with van der Waals surface area (Å²) in [5, 5.41) is -0.0115. The Balaban J connectivity index is 2.05. The third-order valence-electron chi connectivity index (χ3n) is 4.68. The minimum Gasteiger partial charge on any atom is -0.346 e. The van der Waals surface area contributed by atoms with Gasteiger partial charge in [-0.05, 0) is 25.2 Å². The zero-order chi connectivity index (χ0) is 12.5. The summed E-state index contributed by atoms with van der Waals surface area (Å²) in [6.45, 7) is 3.11. The Bertz CT molecular complexity index is 290. The molecule has 2 rings (SSSR count). The first-order valence-corrected chi connectivity index (χ1v) is 7.03. The number of fused-ring (bicyclic) bond motifs is 1. The van der Waals surface area contributed by atoms with Crippen LogP contribution in [0.2, 0.25) is 5.31 Å². The molecule has 1 saturated heterocycles. The molecule has 0 N–H and O–H groups in total. The fourth-order valence-corrected chi connectivity index (χ4v) is 3.48. The number of rotatable bonds is 0. The van der Waals surface area contributed by atoms with E-state index in [1.807, 2.05) is 11.9 Å². The van der Waals surface area contributed by atoms with Crippen LogP contribution in [-0.4, -0.2) is 32.2 Å². The quantitative estimate of drug-likeness (QED) is 0.589. The summed E-state index contributed by atoms with van der Waals surface area (Å²) >= 11 is 0. The summed E-state index contributed by atoms with van der Waals surface area (Å²) in [6, 6.07) is 0. The van der Waals surface area contributed by atoms with Crippen molar-refractivity contribution in [2.75, 3.05) is 13.6 Å². The topological polar surface area (TPSA) is 20.3 Å². The van der Waals surface area contributed by atoms with Crippen LogP contribution in [0.4, 0.5) is 0 Å². The second-order valence-corrected chi connectivity index (χ2v) is 6.35. The normalized spacial score (nSPS) is 40.1. The Labute approximate surface area is 107 Å². The molecule has 3 unspecified atom stereocenters. The van der Waals surface area contributed by atoms with Crippen LogP contribution in [0.25, 0.3) is 0 Å². The maximum atomic E-state index is 12.2. The van der Waals surface area contributed by atoms with E-state index >= 15 is 0 Å². The van der Waals surface area contributed by atoms with Crippen LogP contribution in [0, 0.1) is 11.8 Å². The minimum absolute atomic E-state index is 0.0115. The highest BCUT2D eigenvalue weighted by molar-refractivity contribution is 6.14. The summed E-state index contributed by atoms with van der Waals surface area (Å²) in [4.78, 5) is 14.1. The average Bonchev–Trinajstić information content (AvgIpc) is 2.33. The number of hydrogen-bond acceptors (Lipinski definition) is 1. The molecule has 1 heterocycles. The van der Waals surface area contributed by atoms with Crippen molar-refractivity contribution in [3.05, 3.63) is 0 Å². The van der Waals surface area contributed by atoms with E-state index in [9.17, 15) is 4.79 Å². The predicted molar refractivity (Wildman–Crippen MR) is 71.1 cm³/mol. The molecule has 94 valence electrons. The number of nitrogens with zero attached hydrogens (tertiary/aromatic N) is 1. The Kier molecular flexibility index (Phi) is 3.84. The third kappa shape index (κ3) is 3.05. The number of carbonyl (C=O) groups excluding carboxylic acids is 1. The Morgan fingerprint density at radius 1 is 1.24 bits per heavy atom. The molecule has 1 aliphatic carbocycles. The van der Waals surface area contributed by atoms with E-state index in [4.69, 9.17) is 7.85 Å². The van der Waals surface area contributed by atoms with Gasteiger partial charge in [-0.15, -0.1) is 0 Å². The van der Waals surface area contributed by atoms with Gasteiger partial charge < -0.3 is 4.90 Å². The molecule has 2 aliphatic rings. The number of likely N-dealkylation sites (tertiary alicyclic amines) is 1. The molecule has 0 bridgehead atoms. The first kappa shape index (κ1) is 13.0. The van der Waals surface area contributed by atoms with Crippen molar-refractivity contribution in [1.82, 2.24) is 4.90 Å². The molecule has 1 aliphatic heterocycles. The van der Waals surface area contributed by atoms with Gasteiger partial charge in [0, 0.05) is 19.5 Å². The standard InChI is InChI=1S/C14H24BNO/c1-14(15)8-3-5-11-7-10-16(2)13(17)12(11)6-4-9-14/h11-12H,3-10H2,1-2H3. The largest absolute Gasteiger partial charge is 0.346 e. The molecule has 1 amide bonds. The van der Waals surface area contributed by atoms with Crippen molar-refractivity contribution in [3.8, 4) is 0 Å². The minimum atomic E-state index is -0.0115. The number of amides is 1. The van der Waals surface area contributed by atoms with Crippen LogP contribution < -0.4 is 0 Å². The fraction of sp³-hybridized carbons (Fsp3) is 0.929. The SMILES string of the molecule is [B]C1(C)CCCC2CCN(C)C(=O)C2CCC1. The van der Waals surface area contributed by atoms with E-state index < -0.39 is 0 Å². The maximum Gasteiger partial charge on any atom is 0.225 e. The maximum absolute atomic E-state index is 12.2. The lowest BCUT2D eigenvalue weighted by Crippen LogP contribution is -2.43. The van der Waals surface area contributed by atoms with Crippen LogP contribution in [0.3, 0.4) is 0 Å². The van der Waals surface area contributed by atoms with E-state index in [0.717, 1.165) is 32.2 Å². The van der Waals surface area contributed by atoms with Gasteiger partial charge in [-0.3, -0.25) is 4.79 Å². The lowest BCUT2D eigenvalue weighted by Gasteiger charge is -2.36. The van der Waals surface area contributed by atoms with Crippen molar-refractivity contribution in [2.24, 2.45) is 11.8 Å². The molecule has 3 atom stereocenters. The van der Waals surface area contributed by atoms with E-state index in [2.05, 4.69) is 6.92 Å². The molecule has 1 saturated carbocycles. The van der Waals surface area contributed by atoms with Gasteiger partial charge in [-0.1, -0.05) is 37.9 Å². The molecular formula is C14H24BNO. The van der Waals surface area contributed by atoms with Gasteiger partial charge in [0.25, 0.3) is 0 Å². The number of carbonyl (C=O) groups is 1. The zero-order valence-corrected chi connectivity index (χ0v) is 11.2. The van der Waals surface area contributed by atoms with E-state index in [-0.39, 0.29) is 11.2 Å². The summed E-state index contributed by atoms with van der Waals surface area (Å²) in [6.07, 6.45) is 7.89. The van der Waals surface area contributed by atoms with Crippen LogP contribution in [0.15, 0.2) is 0 Å². The third-order valence-corrected chi connectivity index (χ3v) is 4.68. The highest BCUT2D eigenvalue weighted by Gasteiger charge is 2.35. The van der Waals surface area contributed by atoms with Gasteiger partial charge in [0.2, 0.25) is 5.91 Å². The highest BCUT2D eigenvalue weighted by atomic mass is 16.2. The van der Waals surface area contributed by atoms with E-state index in [1.165, 1.54) is 19.3 Å². The average molecular weight is 233 g/mol. The van der Waals surface area contributed by atoms with Gasteiger partial charge in [0.1, 0.15) is 0 Å². The molecular weight excluding hydrogens is 209 g/mol. The Hall–Kier alpha value is -0.465. The second-order valence-electron chi connectivity index (χ2n) is 6.35. The Morgan fingerprint density at radius 2 is 1.88 bits per heavy atom. The van der Waals surface area contributed by atoms with Crippen molar-refractivity contribution in [2.45, 2.75) is 57.2 Å². The lowest BCUT2D eigenvalue weighted by molar-refractivity contribution is -0.140. The van der Waals surface area contributed by atoms with E-state index in [0.29, 0.717) is 11.8 Å². The van der Waals surface area contributed by atoms with Crippen molar-refractivity contribution < 1.29 is 4.79 Å². The fourth-order valence-electron chi connectivity index (χ4n) is 3.48. The summed E-state index contributed by atoms with van der Waals surface area (Å²) < 4.78 is 0. The molecule has 0 spiro atoms. The monoisotopic (exact) mass is 233 g/mol. The van der Waals surface area contributed by atoms with Crippen LogP contribution >= 0.6 is 0 Å². The van der Waals surface area contributed by atoms with Crippen LogP contribution in [0.1, 0.15) is 51.9 Å². The highest BCUT2D eigenvalue weighted by Crippen LogP contribution is 2.41. The lowest BCUT2D eigenvalue weighted by atomic mass is 9.64. The van der Waals surface area contributed by atoms with Crippen LogP contribution in [0.5, 0.6) is 0 Å². The first-order chi connectivity index (χ1) is 7.99. The Morgan fingerprint density at radius 3 is 2.59 bits per heavy atom. The summed E-state index contributed by atoms with van der Waals surface area (Å²) in [5.41, 5.74) is 0. The first-order valence-electron chi connectivity index (χ1n) is 7.03. The zero-order valence-electron chi connectivity index (χ0n) is 11.2. The van der Waals surface area contributed by atoms with E-state index in [1.54, 1.807) is 0 Å². The van der Waals surface area contributed by atoms with Gasteiger partial charge >= 0.3 is 0 Å². The van der Waals surface area contributed by atoms with Crippen LogP contribution in [-0.2, 0) is 4.79 Å². The smallest absolute Gasteiger partial charge is 0.225 e. The van der Waals surface area contributed by atoms with Gasteiger partial charge in [0.05, 0.1) is 7.85 Å². The molecule has 3 heteroatoms. The molecule has 2 nitrogen and oxygen atoms in total. The molecule has 0 aromatic rings. The molecule has 0 aromatic carbocycles. The van der Waals surface area contributed by atoms with Gasteiger partial charge in [0.15, 0.2) is 0 Å². The molecule has 17 heavy (non-hydrogen) atoms. The summed E-state index contributed by atoms with van der Waals surface area (Å²) in [5.74, 6) is 1.28. The van der Waals surface area contributed by atoms with Crippen molar-refractivity contribution in [3.63, 3.8) is 0 Å². The summed E-state index contributed by atoms with van der Waals surface area (Å²) in [7, 11) is 8.22. The molecule has 2 radical (unpaired) electrons. The van der Waals surface area contributed by atoms with Crippen molar-refractivity contribution in [1.29, 1.82) is 0 Å². The van der Waals surface area contributed by atoms with Crippen molar-refractivity contribution >= 4 is 13.8 Å². The van der Waals surface area contributed by atoms with Gasteiger partial charge in [-0.25, -0.2) is 0 Å². The second kappa shape index (κ2) is 5.03. The van der Waals surface area contributed by atoms with Gasteiger partial charge in [-0.2, -0.15) is 0 Å². The molecule has 0 aromatic heterocycles. The number of hydrogen-bond donors (Lipinski definition) is 0. The number of piperidine rings is 1. The predicted octanol–water partition coefficient (Wildman–Crippen LogP) is 2.78. The molecule has 2 fully saturated rings.